The summed E-state index contributed by atoms with van der Waals surface area (Å²) in [4.78, 5) is 13.3. The maximum atomic E-state index is 11.1. The van der Waals surface area contributed by atoms with Crippen molar-refractivity contribution in [2.45, 2.75) is 13.0 Å². The predicted octanol–water partition coefficient (Wildman–Crippen LogP) is 0.892. The molecule has 0 amide bonds. The molecule has 0 saturated carbocycles. The van der Waals surface area contributed by atoms with E-state index in [2.05, 4.69) is 21.6 Å². The van der Waals surface area contributed by atoms with Gasteiger partial charge >= 0.3 is 5.97 Å². The van der Waals surface area contributed by atoms with Gasteiger partial charge in [0, 0.05) is 19.6 Å². The van der Waals surface area contributed by atoms with Crippen molar-refractivity contribution < 1.29 is 14.6 Å². The van der Waals surface area contributed by atoms with Crippen LogP contribution in [0.5, 0.6) is 0 Å². The van der Waals surface area contributed by atoms with Crippen molar-refractivity contribution in [2.24, 2.45) is 0 Å². The summed E-state index contributed by atoms with van der Waals surface area (Å²) >= 11 is 1.18. The first kappa shape index (κ1) is 13.3. The average Bonchev–Trinajstić information content (AvgIpc) is 2.68. The van der Waals surface area contributed by atoms with Gasteiger partial charge in [-0.1, -0.05) is 0 Å². The number of nitrogens with zero attached hydrogens (tertiary/aromatic N) is 2. The molecule has 0 radical (unpaired) electrons. The summed E-state index contributed by atoms with van der Waals surface area (Å²) in [5.74, 6) is -0.939. The molecule has 0 aromatic carbocycles. The van der Waals surface area contributed by atoms with Crippen LogP contribution in [0, 0.1) is 6.92 Å². The summed E-state index contributed by atoms with van der Waals surface area (Å²) in [7, 11) is 2.05. The van der Waals surface area contributed by atoms with E-state index in [1.54, 1.807) is 6.92 Å². The number of carboxylic acids is 1. The third-order valence-corrected chi connectivity index (χ3v) is 3.80. The Balaban J connectivity index is 1.96. The molecule has 1 aromatic rings. The van der Waals surface area contributed by atoms with E-state index in [0.717, 1.165) is 19.7 Å². The molecule has 1 aliphatic rings. The highest BCUT2D eigenvalue weighted by Crippen LogP contribution is 2.24. The number of hydrogen-bond donors (Lipinski definition) is 2. The van der Waals surface area contributed by atoms with Gasteiger partial charge in [0.15, 0.2) is 0 Å². The molecular weight excluding hydrogens is 254 g/mol. The molecule has 2 rings (SSSR count). The van der Waals surface area contributed by atoms with E-state index >= 15 is 0 Å². The molecule has 1 unspecified atom stereocenters. The highest BCUT2D eigenvalue weighted by Gasteiger charge is 2.21. The number of likely N-dealkylation sites (N-methyl/N-ethyl adjacent to an activating group) is 1. The lowest BCUT2D eigenvalue weighted by Gasteiger charge is -2.30. The van der Waals surface area contributed by atoms with E-state index < -0.39 is 5.97 Å². The van der Waals surface area contributed by atoms with Crippen LogP contribution in [0.2, 0.25) is 0 Å². The molecular formula is C11H17N3O3S. The fourth-order valence-electron chi connectivity index (χ4n) is 1.94. The molecule has 1 atom stereocenters. The van der Waals surface area contributed by atoms with Crippen molar-refractivity contribution in [1.82, 2.24) is 9.27 Å². The first-order chi connectivity index (χ1) is 8.58. The third kappa shape index (κ3) is 2.98. The summed E-state index contributed by atoms with van der Waals surface area (Å²) < 4.78 is 9.67. The minimum Gasteiger partial charge on any atom is -0.478 e. The first-order valence-electron chi connectivity index (χ1n) is 5.81. The van der Waals surface area contributed by atoms with Crippen LogP contribution < -0.4 is 5.32 Å². The number of aromatic nitrogens is 1. The molecule has 6 nitrogen and oxygen atoms in total. The average molecular weight is 271 g/mol. The van der Waals surface area contributed by atoms with Crippen molar-refractivity contribution in [2.75, 3.05) is 38.6 Å². The van der Waals surface area contributed by atoms with E-state index in [9.17, 15) is 4.79 Å². The molecule has 18 heavy (non-hydrogen) atoms. The highest BCUT2D eigenvalue weighted by molar-refractivity contribution is 7.10. The van der Waals surface area contributed by atoms with Crippen LogP contribution in [-0.4, -0.2) is 59.7 Å². The molecule has 0 aliphatic carbocycles. The largest absolute Gasteiger partial charge is 0.478 e. The number of aryl methyl sites for hydroxylation is 1. The number of ether oxygens (including phenoxy) is 1. The number of carbonyl (C=O) groups is 1. The molecule has 2 heterocycles. The highest BCUT2D eigenvalue weighted by atomic mass is 32.1. The number of aromatic carboxylic acids is 1. The van der Waals surface area contributed by atoms with Crippen LogP contribution >= 0.6 is 11.5 Å². The van der Waals surface area contributed by atoms with Gasteiger partial charge in [-0.2, -0.15) is 4.37 Å². The lowest BCUT2D eigenvalue weighted by molar-refractivity contribution is -0.0117. The van der Waals surface area contributed by atoms with Gasteiger partial charge in [0.1, 0.15) is 10.6 Å². The Kier molecular flexibility index (Phi) is 4.15. The Morgan fingerprint density at radius 2 is 2.50 bits per heavy atom. The van der Waals surface area contributed by atoms with Gasteiger partial charge in [-0.15, -0.1) is 0 Å². The summed E-state index contributed by atoms with van der Waals surface area (Å²) in [5, 5.41) is 12.8. The second-order valence-corrected chi connectivity index (χ2v) is 5.19. The van der Waals surface area contributed by atoms with Gasteiger partial charge in [0.25, 0.3) is 0 Å². The Morgan fingerprint density at radius 1 is 1.72 bits per heavy atom. The topological polar surface area (TPSA) is 74.7 Å². The fraction of sp³-hybridized carbons (Fsp3) is 0.636. The Hall–Kier alpha value is -1.18. The normalized spacial score (nSPS) is 20.9. The number of nitrogens with one attached hydrogen (secondary N) is 1. The summed E-state index contributed by atoms with van der Waals surface area (Å²) in [6.45, 7) is 4.82. The third-order valence-electron chi connectivity index (χ3n) is 2.91. The van der Waals surface area contributed by atoms with Gasteiger partial charge < -0.3 is 20.1 Å². The minimum atomic E-state index is -0.939. The Morgan fingerprint density at radius 3 is 3.17 bits per heavy atom. The molecule has 1 aliphatic heterocycles. The van der Waals surface area contributed by atoms with Crippen molar-refractivity contribution in [1.29, 1.82) is 0 Å². The van der Waals surface area contributed by atoms with Crippen molar-refractivity contribution in [3.8, 4) is 0 Å². The van der Waals surface area contributed by atoms with Gasteiger partial charge in [-0.05, 0) is 25.5 Å². The van der Waals surface area contributed by atoms with Crippen LogP contribution in [0.25, 0.3) is 0 Å². The lowest BCUT2D eigenvalue weighted by atomic mass is 10.2. The summed E-state index contributed by atoms with van der Waals surface area (Å²) in [6.07, 6.45) is 0.0906. The molecule has 7 heteroatoms. The number of carboxylic acid groups (broad SMARTS) is 1. The van der Waals surface area contributed by atoms with E-state index in [4.69, 9.17) is 9.84 Å². The zero-order chi connectivity index (χ0) is 13.1. The van der Waals surface area contributed by atoms with Gasteiger partial charge in [0.05, 0.1) is 18.4 Å². The number of morpholine rings is 1. The van der Waals surface area contributed by atoms with Crippen LogP contribution in [-0.2, 0) is 4.74 Å². The van der Waals surface area contributed by atoms with E-state index in [0.29, 0.717) is 17.2 Å². The summed E-state index contributed by atoms with van der Waals surface area (Å²) in [6, 6.07) is 0. The zero-order valence-electron chi connectivity index (χ0n) is 10.5. The summed E-state index contributed by atoms with van der Waals surface area (Å²) in [5.41, 5.74) is 0.820. The number of rotatable bonds is 4. The second-order valence-electron chi connectivity index (χ2n) is 4.41. The van der Waals surface area contributed by atoms with Crippen LogP contribution in [0.15, 0.2) is 0 Å². The minimum absolute atomic E-state index is 0.0906. The van der Waals surface area contributed by atoms with Crippen LogP contribution in [0.1, 0.15) is 16.1 Å². The number of anilines is 1. The monoisotopic (exact) mass is 271 g/mol. The molecule has 1 saturated heterocycles. The first-order valence-corrected chi connectivity index (χ1v) is 6.59. The molecule has 100 valence electrons. The fourth-order valence-corrected chi connectivity index (χ4v) is 2.73. The molecule has 0 spiro atoms. The lowest BCUT2D eigenvalue weighted by Crippen LogP contribution is -2.43. The molecule has 1 fully saturated rings. The second kappa shape index (κ2) is 5.64. The molecule has 2 N–H and O–H groups in total. The van der Waals surface area contributed by atoms with E-state index in [1.807, 2.05) is 0 Å². The van der Waals surface area contributed by atoms with E-state index in [1.165, 1.54) is 11.5 Å². The van der Waals surface area contributed by atoms with Crippen molar-refractivity contribution >= 4 is 22.5 Å². The van der Waals surface area contributed by atoms with Crippen molar-refractivity contribution in [3.63, 3.8) is 0 Å². The molecule has 0 bridgehead atoms. The Labute approximate surface area is 110 Å². The van der Waals surface area contributed by atoms with Crippen molar-refractivity contribution in [3.05, 3.63) is 11.3 Å². The van der Waals surface area contributed by atoms with Gasteiger partial charge in [-0.3, -0.25) is 0 Å². The number of hydrogen-bond acceptors (Lipinski definition) is 6. The maximum Gasteiger partial charge on any atom is 0.340 e. The zero-order valence-corrected chi connectivity index (χ0v) is 11.3. The quantitative estimate of drug-likeness (QED) is 0.847. The van der Waals surface area contributed by atoms with Crippen LogP contribution in [0.3, 0.4) is 0 Å². The van der Waals surface area contributed by atoms with E-state index in [-0.39, 0.29) is 11.7 Å². The Bertz CT molecular complexity index is 435. The van der Waals surface area contributed by atoms with Gasteiger partial charge in [-0.25, -0.2) is 4.79 Å². The maximum absolute atomic E-state index is 11.1. The molecule has 1 aromatic heterocycles. The standard InChI is InChI=1S/C11H17N3O3S/c1-7-9(11(15)16)10(18-13-7)12-5-8-6-14(2)3-4-17-8/h8,12H,3-6H2,1-2H3,(H,15,16). The van der Waals surface area contributed by atoms with Crippen LogP contribution in [0.4, 0.5) is 5.00 Å². The van der Waals surface area contributed by atoms with Gasteiger partial charge in [0.2, 0.25) is 0 Å². The smallest absolute Gasteiger partial charge is 0.340 e. The SMILES string of the molecule is Cc1nsc(NCC2CN(C)CCO2)c1C(=O)O. The predicted molar refractivity (Wildman–Crippen MR) is 69.5 cm³/mol.